The van der Waals surface area contributed by atoms with Crippen molar-refractivity contribution in [2.24, 2.45) is 0 Å². The number of aryl methyl sites for hydroxylation is 2. The highest BCUT2D eigenvalue weighted by atomic mass is 35.5. The number of rotatable bonds is 6. The molecule has 2 aromatic heterocycles. The number of aromatic amines is 1. The molecule has 0 bridgehead atoms. The molecule has 6 nitrogen and oxygen atoms in total. The number of carbonyl (C=O) groups is 1. The lowest BCUT2D eigenvalue weighted by molar-refractivity contribution is -0.121. The Hall–Kier alpha value is -1.09. The molecule has 1 amide bonds. The topological polar surface area (TPSA) is 86.9 Å². The molecule has 1 aliphatic heterocycles. The van der Waals surface area contributed by atoms with E-state index in [-0.39, 0.29) is 29.9 Å². The molecule has 4 rings (SSSR count). The number of fused-ring (bicyclic) bond motifs is 3. The lowest BCUT2D eigenvalue weighted by atomic mass is 10.1. The Balaban J connectivity index is 0.00000210. The van der Waals surface area contributed by atoms with E-state index in [1.807, 2.05) is 0 Å². The van der Waals surface area contributed by atoms with Gasteiger partial charge in [0.25, 0.3) is 5.56 Å². The van der Waals surface area contributed by atoms with Gasteiger partial charge in [-0.2, -0.15) is 11.8 Å². The molecule has 27 heavy (non-hydrogen) atoms. The van der Waals surface area contributed by atoms with Crippen LogP contribution in [0.3, 0.4) is 0 Å². The maximum absolute atomic E-state index is 12.4. The van der Waals surface area contributed by atoms with Crippen LogP contribution in [0.2, 0.25) is 0 Å². The first-order valence-corrected chi connectivity index (χ1v) is 11.3. The molecule has 0 spiro atoms. The van der Waals surface area contributed by atoms with Gasteiger partial charge in [0, 0.05) is 29.6 Å². The van der Waals surface area contributed by atoms with Gasteiger partial charge in [0.2, 0.25) is 5.91 Å². The minimum Gasteiger partial charge on any atom is -0.352 e. The summed E-state index contributed by atoms with van der Waals surface area (Å²) < 4.78 is 0. The number of thioether (sulfide) groups is 1. The first-order valence-electron chi connectivity index (χ1n) is 9.32. The van der Waals surface area contributed by atoms with Gasteiger partial charge >= 0.3 is 0 Å². The third kappa shape index (κ3) is 4.85. The fourth-order valence-electron chi connectivity index (χ4n) is 3.72. The monoisotopic (exact) mass is 428 g/mol. The maximum atomic E-state index is 12.4. The Kier molecular flexibility index (Phi) is 7.19. The fraction of sp³-hybridized carbons (Fsp3) is 0.611. The van der Waals surface area contributed by atoms with Crippen molar-refractivity contribution < 1.29 is 4.79 Å². The highest BCUT2D eigenvalue weighted by molar-refractivity contribution is 7.98. The van der Waals surface area contributed by atoms with E-state index >= 15 is 0 Å². The number of aromatic nitrogens is 2. The van der Waals surface area contributed by atoms with Gasteiger partial charge in [-0.15, -0.1) is 23.7 Å². The molecule has 1 fully saturated rings. The van der Waals surface area contributed by atoms with Crippen LogP contribution in [0, 0.1) is 0 Å². The van der Waals surface area contributed by atoms with Gasteiger partial charge < -0.3 is 15.6 Å². The molecule has 0 unspecified atom stereocenters. The van der Waals surface area contributed by atoms with Crippen molar-refractivity contribution >= 4 is 51.6 Å². The smallest absolute Gasteiger partial charge is 0.259 e. The summed E-state index contributed by atoms with van der Waals surface area (Å²) >= 11 is 3.31. The summed E-state index contributed by atoms with van der Waals surface area (Å²) in [6, 6.07) is 0.266. The lowest BCUT2D eigenvalue weighted by Crippen LogP contribution is -2.45. The number of piperidine rings is 1. The van der Waals surface area contributed by atoms with Crippen LogP contribution in [0.5, 0.6) is 0 Å². The van der Waals surface area contributed by atoms with Crippen molar-refractivity contribution in [2.75, 3.05) is 18.8 Å². The Morgan fingerprint density at radius 1 is 1.33 bits per heavy atom. The lowest BCUT2D eigenvalue weighted by Gasteiger charge is -2.23. The Labute approximate surface area is 172 Å². The second-order valence-corrected chi connectivity index (χ2v) is 9.15. The van der Waals surface area contributed by atoms with Crippen molar-refractivity contribution in [3.63, 3.8) is 0 Å². The summed E-state index contributed by atoms with van der Waals surface area (Å²) in [6.07, 6.45) is 5.90. The molecule has 3 heterocycles. The summed E-state index contributed by atoms with van der Waals surface area (Å²) in [5.41, 5.74) is 1.21. The summed E-state index contributed by atoms with van der Waals surface area (Å²) in [4.78, 5) is 34.2. The van der Waals surface area contributed by atoms with E-state index in [1.54, 1.807) is 23.1 Å². The third-order valence-corrected chi connectivity index (χ3v) is 7.15. The standard InChI is InChI=1S/C18H24N4O2S2.ClH/c23-15(20-11-3-2-7-19-9-11)6-8-25-10-14-21-17(24)16-12-4-1-5-13(12)26-18(16)22-14;/h11,19H,1-10H2,(H,20,23)(H,21,22,24);1H/t11-;/m0./s1. The van der Waals surface area contributed by atoms with Crippen LogP contribution >= 0.6 is 35.5 Å². The number of nitrogens with zero attached hydrogens (tertiary/aromatic N) is 1. The molecule has 2 aliphatic rings. The molecule has 0 aromatic carbocycles. The first kappa shape index (κ1) is 20.6. The van der Waals surface area contributed by atoms with E-state index < -0.39 is 0 Å². The molecule has 9 heteroatoms. The van der Waals surface area contributed by atoms with Crippen molar-refractivity contribution in [1.82, 2.24) is 20.6 Å². The van der Waals surface area contributed by atoms with E-state index in [0.29, 0.717) is 18.0 Å². The van der Waals surface area contributed by atoms with Gasteiger partial charge in [0.05, 0.1) is 11.1 Å². The normalized spacial score (nSPS) is 18.9. The average molecular weight is 429 g/mol. The molecule has 148 valence electrons. The van der Waals surface area contributed by atoms with Gasteiger partial charge in [-0.1, -0.05) is 0 Å². The van der Waals surface area contributed by atoms with Crippen molar-refractivity contribution in [1.29, 1.82) is 0 Å². The minimum atomic E-state index is -0.00691. The Morgan fingerprint density at radius 2 is 2.22 bits per heavy atom. The van der Waals surface area contributed by atoms with Crippen LogP contribution in [-0.2, 0) is 23.4 Å². The van der Waals surface area contributed by atoms with Crippen molar-refractivity contribution in [3.8, 4) is 0 Å². The molecule has 1 atom stereocenters. The highest BCUT2D eigenvalue weighted by Gasteiger charge is 2.21. The van der Waals surface area contributed by atoms with E-state index in [9.17, 15) is 9.59 Å². The predicted octanol–water partition coefficient (Wildman–Crippen LogP) is 2.39. The van der Waals surface area contributed by atoms with Crippen LogP contribution in [0.4, 0.5) is 0 Å². The van der Waals surface area contributed by atoms with E-state index in [1.165, 1.54) is 10.4 Å². The quantitative estimate of drug-likeness (QED) is 0.615. The molecule has 1 aliphatic carbocycles. The number of carbonyl (C=O) groups excluding carboxylic acids is 1. The number of thiophene rings is 1. The van der Waals surface area contributed by atoms with Gasteiger partial charge in [0.15, 0.2) is 0 Å². The second kappa shape index (κ2) is 9.41. The van der Waals surface area contributed by atoms with Gasteiger partial charge in [-0.25, -0.2) is 4.98 Å². The summed E-state index contributed by atoms with van der Waals surface area (Å²) in [5, 5.41) is 7.19. The molecule has 3 N–H and O–H groups in total. The first-order chi connectivity index (χ1) is 12.7. The zero-order chi connectivity index (χ0) is 17.9. The molecule has 2 aromatic rings. The molecular weight excluding hydrogens is 404 g/mol. The van der Waals surface area contributed by atoms with Crippen molar-refractivity contribution in [2.45, 2.75) is 50.3 Å². The number of amides is 1. The minimum absolute atomic E-state index is 0. The Morgan fingerprint density at radius 3 is 3.04 bits per heavy atom. The largest absolute Gasteiger partial charge is 0.352 e. The zero-order valence-corrected chi connectivity index (χ0v) is 17.6. The fourth-order valence-corrected chi connectivity index (χ4v) is 5.81. The summed E-state index contributed by atoms with van der Waals surface area (Å²) in [7, 11) is 0. The SMILES string of the molecule is Cl.O=C(CCSCc1nc2sc3c(c2c(=O)[nH]1)CCC3)N[C@H]1CCCNC1. The van der Waals surface area contributed by atoms with Gasteiger partial charge in [0.1, 0.15) is 10.7 Å². The second-order valence-electron chi connectivity index (χ2n) is 6.96. The molecule has 1 saturated heterocycles. The number of halogens is 1. The predicted molar refractivity (Wildman–Crippen MR) is 114 cm³/mol. The highest BCUT2D eigenvalue weighted by Crippen LogP contribution is 2.34. The average Bonchev–Trinajstić information content (AvgIpc) is 3.20. The van der Waals surface area contributed by atoms with E-state index in [4.69, 9.17) is 0 Å². The van der Waals surface area contributed by atoms with Crippen LogP contribution in [0.1, 0.15) is 41.9 Å². The van der Waals surface area contributed by atoms with E-state index in [0.717, 1.165) is 61.2 Å². The van der Waals surface area contributed by atoms with Crippen LogP contribution in [0.15, 0.2) is 4.79 Å². The summed E-state index contributed by atoms with van der Waals surface area (Å²) in [5.74, 6) is 2.18. The van der Waals surface area contributed by atoms with Gasteiger partial charge in [-0.3, -0.25) is 9.59 Å². The molecule has 0 saturated carbocycles. The van der Waals surface area contributed by atoms with E-state index in [2.05, 4.69) is 20.6 Å². The van der Waals surface area contributed by atoms with Crippen LogP contribution in [0.25, 0.3) is 10.2 Å². The summed E-state index contributed by atoms with van der Waals surface area (Å²) in [6.45, 7) is 1.92. The Bertz CT molecular complexity index is 861. The number of hydrogen-bond donors (Lipinski definition) is 3. The van der Waals surface area contributed by atoms with Crippen molar-refractivity contribution in [3.05, 3.63) is 26.6 Å². The number of H-pyrrole nitrogens is 1. The van der Waals surface area contributed by atoms with Crippen LogP contribution < -0.4 is 16.2 Å². The zero-order valence-electron chi connectivity index (χ0n) is 15.1. The molecule has 0 radical (unpaired) electrons. The van der Waals surface area contributed by atoms with Crippen LogP contribution in [-0.4, -0.2) is 40.8 Å². The van der Waals surface area contributed by atoms with Gasteiger partial charge in [-0.05, 0) is 44.2 Å². The molecular formula is C18H25ClN4O2S2. The number of nitrogens with one attached hydrogen (secondary N) is 3. The maximum Gasteiger partial charge on any atom is 0.259 e. The number of hydrogen-bond acceptors (Lipinski definition) is 6. The third-order valence-electron chi connectivity index (χ3n) is 5.00.